The van der Waals surface area contributed by atoms with Gasteiger partial charge in [-0.1, -0.05) is 11.8 Å². The second kappa shape index (κ2) is 5.27. The van der Waals surface area contributed by atoms with Crippen LogP contribution in [0.25, 0.3) is 0 Å². The first-order valence-electron chi connectivity index (χ1n) is 5.16. The average Bonchev–Trinajstić information content (AvgIpc) is 2.34. The molecule has 0 amide bonds. The Balaban J connectivity index is 2.28. The zero-order valence-electron chi connectivity index (χ0n) is 9.61. The lowest BCUT2D eigenvalue weighted by molar-refractivity contribution is 0.415. The molecule has 5 heteroatoms. The van der Waals surface area contributed by atoms with E-state index in [-0.39, 0.29) is 0 Å². The molecule has 2 rings (SSSR count). The monoisotopic (exact) mass is 267 g/mol. The molecule has 0 aromatic heterocycles. The summed E-state index contributed by atoms with van der Waals surface area (Å²) in [4.78, 5) is 1.02. The predicted octanol–water partition coefficient (Wildman–Crippen LogP) is 3.71. The van der Waals surface area contributed by atoms with Crippen LogP contribution in [-0.2, 0) is 0 Å². The highest BCUT2D eigenvalue weighted by Crippen LogP contribution is 2.35. The molecule has 2 aromatic carbocycles. The molecule has 0 fully saturated rings. The van der Waals surface area contributed by atoms with E-state index in [9.17, 15) is 8.78 Å². The lowest BCUT2D eigenvalue weighted by atomic mass is 10.3. The van der Waals surface area contributed by atoms with Crippen LogP contribution in [0.4, 0.5) is 14.5 Å². The predicted molar refractivity (Wildman–Crippen MR) is 67.9 cm³/mol. The van der Waals surface area contributed by atoms with E-state index in [1.54, 1.807) is 25.3 Å². The van der Waals surface area contributed by atoms with Crippen molar-refractivity contribution >= 4 is 17.4 Å². The molecule has 0 radical (unpaired) electrons. The highest BCUT2D eigenvalue weighted by Gasteiger charge is 2.08. The molecule has 2 aromatic rings. The first-order chi connectivity index (χ1) is 8.60. The molecule has 0 saturated carbocycles. The summed E-state index contributed by atoms with van der Waals surface area (Å²) in [5, 5.41) is 0. The molecule has 0 spiro atoms. The Labute approximate surface area is 108 Å². The molecular formula is C13H11F2NOS. The first kappa shape index (κ1) is 12.7. The van der Waals surface area contributed by atoms with Crippen LogP contribution in [0, 0.1) is 11.6 Å². The molecule has 94 valence electrons. The number of hydrogen-bond donors (Lipinski definition) is 1. The molecule has 0 bridgehead atoms. The maximum Gasteiger partial charge on any atom is 0.140 e. The second-order valence-corrected chi connectivity index (χ2v) is 4.66. The maximum atomic E-state index is 13.5. The van der Waals surface area contributed by atoms with Gasteiger partial charge in [-0.05, 0) is 24.3 Å². The molecule has 0 heterocycles. The fourth-order valence-electron chi connectivity index (χ4n) is 1.42. The van der Waals surface area contributed by atoms with Gasteiger partial charge in [0.15, 0.2) is 0 Å². The topological polar surface area (TPSA) is 35.2 Å². The molecule has 0 aliphatic rings. The Hall–Kier alpha value is -1.75. The molecule has 2 N–H and O–H groups in total. The van der Waals surface area contributed by atoms with Gasteiger partial charge in [0.05, 0.1) is 7.11 Å². The van der Waals surface area contributed by atoms with Crippen LogP contribution in [0.2, 0.25) is 0 Å². The number of benzene rings is 2. The van der Waals surface area contributed by atoms with E-state index in [2.05, 4.69) is 0 Å². The van der Waals surface area contributed by atoms with E-state index in [1.807, 2.05) is 0 Å². The average molecular weight is 267 g/mol. The molecule has 0 unspecified atom stereocenters. The minimum absolute atomic E-state index is 0.327. The van der Waals surface area contributed by atoms with Crippen molar-refractivity contribution in [2.24, 2.45) is 0 Å². The van der Waals surface area contributed by atoms with Crippen molar-refractivity contribution in [3.8, 4) is 5.75 Å². The molecule has 0 atom stereocenters. The lowest BCUT2D eigenvalue weighted by Crippen LogP contribution is -1.91. The molecule has 18 heavy (non-hydrogen) atoms. The van der Waals surface area contributed by atoms with E-state index < -0.39 is 11.6 Å². The summed E-state index contributed by atoms with van der Waals surface area (Å²) in [6.45, 7) is 0. The van der Waals surface area contributed by atoms with Gasteiger partial charge in [0, 0.05) is 27.6 Å². The highest BCUT2D eigenvalue weighted by atomic mass is 32.2. The second-order valence-electron chi connectivity index (χ2n) is 3.58. The minimum Gasteiger partial charge on any atom is -0.497 e. The van der Waals surface area contributed by atoms with Gasteiger partial charge in [-0.3, -0.25) is 0 Å². The summed E-state index contributed by atoms with van der Waals surface area (Å²) in [6.07, 6.45) is 0. The van der Waals surface area contributed by atoms with Crippen molar-refractivity contribution in [2.75, 3.05) is 12.8 Å². The van der Waals surface area contributed by atoms with E-state index >= 15 is 0 Å². The van der Waals surface area contributed by atoms with Crippen molar-refractivity contribution in [1.82, 2.24) is 0 Å². The summed E-state index contributed by atoms with van der Waals surface area (Å²) in [7, 11) is 1.54. The third-order valence-corrected chi connectivity index (χ3v) is 3.47. The van der Waals surface area contributed by atoms with Gasteiger partial charge in [0.2, 0.25) is 0 Å². The van der Waals surface area contributed by atoms with Gasteiger partial charge in [-0.2, -0.15) is 0 Å². The van der Waals surface area contributed by atoms with Gasteiger partial charge in [-0.15, -0.1) is 0 Å². The Morgan fingerprint density at radius 2 is 1.78 bits per heavy atom. The van der Waals surface area contributed by atoms with Crippen LogP contribution < -0.4 is 10.5 Å². The molecule has 0 saturated heterocycles. The van der Waals surface area contributed by atoms with Crippen LogP contribution in [0.3, 0.4) is 0 Å². The Morgan fingerprint density at radius 1 is 1.06 bits per heavy atom. The maximum absolute atomic E-state index is 13.5. The number of methoxy groups -OCH3 is 1. The van der Waals surface area contributed by atoms with Crippen LogP contribution in [-0.4, -0.2) is 7.11 Å². The minimum atomic E-state index is -0.602. The zero-order chi connectivity index (χ0) is 13.1. The van der Waals surface area contributed by atoms with Crippen molar-refractivity contribution in [3.05, 3.63) is 48.0 Å². The number of nitrogen functional groups attached to an aromatic ring is 1. The Bertz CT molecular complexity index is 575. The van der Waals surface area contributed by atoms with Crippen molar-refractivity contribution in [2.45, 2.75) is 9.79 Å². The number of hydrogen-bond acceptors (Lipinski definition) is 3. The van der Waals surface area contributed by atoms with Gasteiger partial charge in [-0.25, -0.2) is 8.78 Å². The molecular weight excluding hydrogens is 256 g/mol. The highest BCUT2D eigenvalue weighted by molar-refractivity contribution is 7.99. The Morgan fingerprint density at radius 3 is 2.39 bits per heavy atom. The van der Waals surface area contributed by atoms with Gasteiger partial charge >= 0.3 is 0 Å². The number of rotatable bonds is 3. The van der Waals surface area contributed by atoms with Crippen molar-refractivity contribution in [1.29, 1.82) is 0 Å². The summed E-state index contributed by atoms with van der Waals surface area (Å²) >= 11 is 1.15. The fourth-order valence-corrected chi connectivity index (χ4v) is 2.27. The van der Waals surface area contributed by atoms with Crippen LogP contribution in [0.1, 0.15) is 0 Å². The van der Waals surface area contributed by atoms with Crippen molar-refractivity contribution < 1.29 is 13.5 Å². The third kappa shape index (κ3) is 2.73. The van der Waals surface area contributed by atoms with Crippen molar-refractivity contribution in [3.63, 3.8) is 0 Å². The zero-order valence-corrected chi connectivity index (χ0v) is 10.4. The van der Waals surface area contributed by atoms with Gasteiger partial charge in [0.25, 0.3) is 0 Å². The van der Waals surface area contributed by atoms with Crippen LogP contribution >= 0.6 is 11.8 Å². The van der Waals surface area contributed by atoms with E-state index in [0.29, 0.717) is 21.2 Å². The SMILES string of the molecule is COc1ccc(Sc2ccc(F)cc2F)c(N)c1. The van der Waals surface area contributed by atoms with Crippen LogP contribution in [0.5, 0.6) is 5.75 Å². The van der Waals surface area contributed by atoms with Gasteiger partial charge < -0.3 is 10.5 Å². The summed E-state index contributed by atoms with van der Waals surface area (Å²) in [5.41, 5.74) is 6.32. The molecule has 0 aliphatic heterocycles. The number of ether oxygens (including phenoxy) is 1. The van der Waals surface area contributed by atoms with E-state index in [1.165, 1.54) is 12.1 Å². The summed E-state index contributed by atoms with van der Waals surface area (Å²) < 4.78 is 31.3. The number of nitrogens with two attached hydrogens (primary N) is 1. The molecule has 0 aliphatic carbocycles. The fraction of sp³-hybridized carbons (Fsp3) is 0.0769. The lowest BCUT2D eigenvalue weighted by Gasteiger charge is -2.08. The third-order valence-electron chi connectivity index (χ3n) is 2.33. The quantitative estimate of drug-likeness (QED) is 0.861. The first-order valence-corrected chi connectivity index (χ1v) is 5.98. The van der Waals surface area contributed by atoms with Gasteiger partial charge in [0.1, 0.15) is 17.4 Å². The number of halogens is 2. The largest absolute Gasteiger partial charge is 0.497 e. The summed E-state index contributed by atoms with van der Waals surface area (Å²) in [6, 6.07) is 8.58. The van der Waals surface area contributed by atoms with Crippen LogP contribution in [0.15, 0.2) is 46.2 Å². The standard InChI is InChI=1S/C13H11F2NOS/c1-17-9-3-5-13(11(16)7-9)18-12-4-2-8(14)6-10(12)15/h2-7H,16H2,1H3. The Kier molecular flexibility index (Phi) is 3.72. The number of anilines is 1. The summed E-state index contributed by atoms with van der Waals surface area (Å²) in [5.74, 6) is -0.564. The normalized spacial score (nSPS) is 10.4. The van der Waals surface area contributed by atoms with E-state index in [4.69, 9.17) is 10.5 Å². The molecule has 2 nitrogen and oxygen atoms in total. The van der Waals surface area contributed by atoms with E-state index in [0.717, 1.165) is 17.8 Å². The smallest absolute Gasteiger partial charge is 0.140 e.